The average molecular weight is 302 g/mol. The zero-order valence-electron chi connectivity index (χ0n) is 10.1. The Morgan fingerprint density at radius 3 is 2.82 bits per heavy atom. The molecule has 0 aromatic carbocycles. The number of hydrogen-bond donors (Lipinski definition) is 2. The van der Waals surface area contributed by atoms with E-state index < -0.39 is 0 Å². The van der Waals surface area contributed by atoms with Crippen molar-refractivity contribution in [2.24, 2.45) is 12.5 Å². The van der Waals surface area contributed by atoms with E-state index in [2.05, 4.69) is 26.3 Å². The summed E-state index contributed by atoms with van der Waals surface area (Å²) >= 11 is 3.27. The fourth-order valence-electron chi connectivity index (χ4n) is 1.95. The molecular formula is C11H16BrN3O2. The summed E-state index contributed by atoms with van der Waals surface area (Å²) in [5.74, 6) is 0. The molecule has 1 aromatic heterocycles. The van der Waals surface area contributed by atoms with Gasteiger partial charge in [-0.1, -0.05) is 13.8 Å². The van der Waals surface area contributed by atoms with Crippen LogP contribution in [0.5, 0.6) is 0 Å². The van der Waals surface area contributed by atoms with Gasteiger partial charge in [-0.2, -0.15) is 5.10 Å². The molecule has 94 valence electrons. The number of anilines is 1. The van der Waals surface area contributed by atoms with Gasteiger partial charge in [0.05, 0.1) is 18.0 Å². The van der Waals surface area contributed by atoms with Gasteiger partial charge in [-0.05, 0) is 22.4 Å². The van der Waals surface area contributed by atoms with Gasteiger partial charge in [0.25, 0.3) is 5.56 Å². The van der Waals surface area contributed by atoms with Gasteiger partial charge in [0, 0.05) is 18.5 Å². The van der Waals surface area contributed by atoms with E-state index >= 15 is 0 Å². The van der Waals surface area contributed by atoms with Crippen LogP contribution in [0.1, 0.15) is 20.3 Å². The van der Waals surface area contributed by atoms with Gasteiger partial charge in [-0.3, -0.25) is 4.79 Å². The molecule has 0 spiro atoms. The second-order valence-electron chi connectivity index (χ2n) is 5.07. The summed E-state index contributed by atoms with van der Waals surface area (Å²) in [6, 6.07) is 0.155. The molecule has 2 unspecified atom stereocenters. The highest BCUT2D eigenvalue weighted by Crippen LogP contribution is 2.42. The van der Waals surface area contributed by atoms with E-state index in [1.54, 1.807) is 13.2 Å². The zero-order chi connectivity index (χ0) is 12.8. The second kappa shape index (κ2) is 4.10. The molecular weight excluding hydrogens is 286 g/mol. The molecule has 1 aliphatic carbocycles. The Morgan fingerprint density at radius 1 is 1.65 bits per heavy atom. The smallest absolute Gasteiger partial charge is 0.282 e. The van der Waals surface area contributed by atoms with Gasteiger partial charge in [0.2, 0.25) is 0 Å². The van der Waals surface area contributed by atoms with E-state index in [1.807, 2.05) is 13.8 Å². The molecule has 17 heavy (non-hydrogen) atoms. The van der Waals surface area contributed by atoms with Crippen LogP contribution in [0.2, 0.25) is 0 Å². The zero-order valence-corrected chi connectivity index (χ0v) is 11.7. The van der Waals surface area contributed by atoms with Crippen LogP contribution in [0.4, 0.5) is 5.69 Å². The molecule has 5 nitrogen and oxygen atoms in total. The number of aryl methyl sites for hydroxylation is 1. The maximum absolute atomic E-state index is 11.7. The first kappa shape index (κ1) is 12.6. The van der Waals surface area contributed by atoms with E-state index in [0.717, 1.165) is 0 Å². The topological polar surface area (TPSA) is 67.2 Å². The fourth-order valence-corrected chi connectivity index (χ4v) is 2.42. The summed E-state index contributed by atoms with van der Waals surface area (Å²) in [4.78, 5) is 11.7. The van der Waals surface area contributed by atoms with Crippen molar-refractivity contribution in [3.63, 3.8) is 0 Å². The molecule has 2 N–H and O–H groups in total. The predicted molar refractivity (Wildman–Crippen MR) is 69.0 cm³/mol. The largest absolute Gasteiger partial charge is 0.392 e. The fraction of sp³-hybridized carbons (Fsp3) is 0.636. The number of nitrogens with zero attached hydrogens (tertiary/aromatic N) is 2. The van der Waals surface area contributed by atoms with Crippen molar-refractivity contribution in [2.75, 3.05) is 5.32 Å². The molecule has 1 aromatic rings. The van der Waals surface area contributed by atoms with Crippen LogP contribution in [0.15, 0.2) is 15.5 Å². The number of rotatable bonds is 2. The highest BCUT2D eigenvalue weighted by molar-refractivity contribution is 9.10. The lowest BCUT2D eigenvalue weighted by Gasteiger charge is -2.49. The van der Waals surface area contributed by atoms with E-state index in [1.165, 1.54) is 4.68 Å². The van der Waals surface area contributed by atoms with Crippen molar-refractivity contribution >= 4 is 21.6 Å². The monoisotopic (exact) mass is 301 g/mol. The lowest BCUT2D eigenvalue weighted by Crippen LogP contribution is -2.57. The van der Waals surface area contributed by atoms with Crippen molar-refractivity contribution in [2.45, 2.75) is 32.4 Å². The van der Waals surface area contributed by atoms with Crippen LogP contribution in [-0.4, -0.2) is 27.0 Å². The molecule has 0 aliphatic heterocycles. The Labute approximate surface area is 108 Å². The molecule has 0 radical (unpaired) electrons. The van der Waals surface area contributed by atoms with Crippen molar-refractivity contribution < 1.29 is 5.11 Å². The molecule has 6 heteroatoms. The van der Waals surface area contributed by atoms with Crippen LogP contribution < -0.4 is 10.9 Å². The molecule has 0 amide bonds. The van der Waals surface area contributed by atoms with Crippen molar-refractivity contribution in [1.29, 1.82) is 0 Å². The van der Waals surface area contributed by atoms with E-state index in [9.17, 15) is 9.90 Å². The molecule has 1 saturated carbocycles. The molecule has 0 saturated heterocycles. The number of halogens is 1. The van der Waals surface area contributed by atoms with E-state index in [-0.39, 0.29) is 23.1 Å². The van der Waals surface area contributed by atoms with Gasteiger partial charge in [0.15, 0.2) is 0 Å². The van der Waals surface area contributed by atoms with Crippen molar-refractivity contribution in [1.82, 2.24) is 9.78 Å². The molecule has 0 bridgehead atoms. The number of aliphatic hydroxyl groups excluding tert-OH is 1. The third-order valence-corrected chi connectivity index (χ3v) is 4.39. The maximum Gasteiger partial charge on any atom is 0.282 e. The maximum atomic E-state index is 11.7. The number of aromatic nitrogens is 2. The van der Waals surface area contributed by atoms with Gasteiger partial charge >= 0.3 is 0 Å². The Morgan fingerprint density at radius 2 is 2.29 bits per heavy atom. The highest BCUT2D eigenvalue weighted by atomic mass is 79.9. The summed E-state index contributed by atoms with van der Waals surface area (Å²) in [5, 5.41) is 16.9. The normalized spacial score (nSPS) is 26.4. The van der Waals surface area contributed by atoms with Gasteiger partial charge < -0.3 is 10.4 Å². The minimum atomic E-state index is -0.293. The minimum absolute atomic E-state index is 0.155. The Bertz CT molecular complexity index is 498. The molecule has 1 aliphatic rings. The highest BCUT2D eigenvalue weighted by Gasteiger charge is 2.47. The minimum Gasteiger partial charge on any atom is -0.392 e. The number of aliphatic hydroxyl groups is 1. The van der Waals surface area contributed by atoms with E-state index in [4.69, 9.17) is 0 Å². The Balaban J connectivity index is 2.22. The lowest BCUT2D eigenvalue weighted by molar-refractivity contribution is -0.0510. The number of nitrogens with one attached hydrogen (secondary N) is 1. The second-order valence-corrected chi connectivity index (χ2v) is 5.86. The van der Waals surface area contributed by atoms with Crippen molar-refractivity contribution in [3.8, 4) is 0 Å². The summed E-state index contributed by atoms with van der Waals surface area (Å²) in [6.07, 6.45) is 2.01. The van der Waals surface area contributed by atoms with Gasteiger partial charge in [-0.25, -0.2) is 4.68 Å². The van der Waals surface area contributed by atoms with Crippen molar-refractivity contribution in [3.05, 3.63) is 21.0 Å². The molecule has 2 rings (SSSR count). The van der Waals surface area contributed by atoms with Crippen LogP contribution in [0, 0.1) is 5.41 Å². The third-order valence-electron chi connectivity index (χ3n) is 3.62. The number of hydrogen-bond acceptors (Lipinski definition) is 4. The first-order valence-corrected chi connectivity index (χ1v) is 6.29. The first-order valence-electron chi connectivity index (χ1n) is 5.50. The summed E-state index contributed by atoms with van der Waals surface area (Å²) < 4.78 is 1.75. The molecule has 2 atom stereocenters. The van der Waals surface area contributed by atoms with Crippen LogP contribution in [0.25, 0.3) is 0 Å². The average Bonchev–Trinajstić information content (AvgIpc) is 2.29. The van der Waals surface area contributed by atoms with Crippen LogP contribution >= 0.6 is 15.9 Å². The predicted octanol–water partition coefficient (Wildman–Crippen LogP) is 1.11. The van der Waals surface area contributed by atoms with Gasteiger partial charge in [0.1, 0.15) is 4.47 Å². The Kier molecular flexibility index (Phi) is 3.03. The van der Waals surface area contributed by atoms with Crippen LogP contribution in [0.3, 0.4) is 0 Å². The lowest BCUT2D eigenvalue weighted by atomic mass is 9.64. The molecule has 1 fully saturated rings. The summed E-state index contributed by atoms with van der Waals surface area (Å²) in [5.41, 5.74) is 0.325. The quantitative estimate of drug-likeness (QED) is 0.859. The summed E-state index contributed by atoms with van der Waals surface area (Å²) in [7, 11) is 1.61. The first-order chi connectivity index (χ1) is 7.84. The van der Waals surface area contributed by atoms with Crippen LogP contribution in [-0.2, 0) is 7.05 Å². The Hall–Kier alpha value is -0.880. The SMILES string of the molecule is Cn1ncc(NC2CC(O)C2(C)C)c(Br)c1=O. The third kappa shape index (κ3) is 1.99. The van der Waals surface area contributed by atoms with E-state index in [0.29, 0.717) is 16.6 Å². The van der Waals surface area contributed by atoms with Gasteiger partial charge in [-0.15, -0.1) is 0 Å². The summed E-state index contributed by atoms with van der Waals surface area (Å²) in [6.45, 7) is 4.00. The standard InChI is InChI=1S/C11H16BrN3O2/c1-11(2)7(4-8(11)16)14-6-5-13-15(3)10(17)9(6)12/h5,7-8,14,16H,4H2,1-3H3. The molecule has 1 heterocycles.